The normalized spacial score (nSPS) is 27.7. The van der Waals surface area contributed by atoms with Gasteiger partial charge in [-0.2, -0.15) is 0 Å². The summed E-state index contributed by atoms with van der Waals surface area (Å²) in [7, 11) is 0. The van der Waals surface area contributed by atoms with E-state index in [1.807, 2.05) is 11.3 Å². The maximum atomic E-state index is 5.75. The molecule has 1 aliphatic carbocycles. The number of nitrogens with one attached hydrogen (secondary N) is 1. The summed E-state index contributed by atoms with van der Waals surface area (Å²) in [6.45, 7) is 6.08. The van der Waals surface area contributed by atoms with Crippen molar-refractivity contribution in [2.45, 2.75) is 57.5 Å². The first-order valence-corrected chi connectivity index (χ1v) is 7.86. The largest absolute Gasteiger partial charge is 0.379 e. The number of nitrogens with zero attached hydrogens (tertiary/aromatic N) is 1. The molecule has 0 spiro atoms. The lowest BCUT2D eigenvalue weighted by atomic mass is 9.92. The van der Waals surface area contributed by atoms with Crippen molar-refractivity contribution in [2.24, 2.45) is 0 Å². The van der Waals surface area contributed by atoms with Gasteiger partial charge in [0.1, 0.15) is 5.01 Å². The van der Waals surface area contributed by atoms with E-state index in [2.05, 4.69) is 19.2 Å². The summed E-state index contributed by atoms with van der Waals surface area (Å²) in [5, 5.41) is 4.99. The van der Waals surface area contributed by atoms with Crippen molar-refractivity contribution in [2.75, 3.05) is 13.2 Å². The average molecular weight is 266 g/mol. The van der Waals surface area contributed by atoms with Crippen LogP contribution in [0.1, 0.15) is 48.7 Å². The average Bonchev–Trinajstić information content (AvgIpc) is 2.89. The monoisotopic (exact) mass is 266 g/mol. The van der Waals surface area contributed by atoms with Crippen LogP contribution in [0, 0.1) is 0 Å². The molecule has 0 amide bonds. The van der Waals surface area contributed by atoms with E-state index in [9.17, 15) is 0 Å². The molecule has 4 heteroatoms. The van der Waals surface area contributed by atoms with Crippen LogP contribution in [0.2, 0.25) is 0 Å². The Morgan fingerprint density at radius 3 is 2.89 bits per heavy atom. The van der Waals surface area contributed by atoms with Gasteiger partial charge in [-0.25, -0.2) is 4.98 Å². The molecule has 1 atom stereocenters. The molecule has 1 fully saturated rings. The Balaban J connectivity index is 1.91. The number of rotatable bonds is 3. The lowest BCUT2D eigenvalue weighted by Gasteiger charge is -2.38. The maximum Gasteiger partial charge on any atom is 0.116 e. The Bertz CT molecular complexity index is 400. The highest BCUT2D eigenvalue weighted by molar-refractivity contribution is 7.12. The number of hydrogen-bond acceptors (Lipinski definition) is 4. The second-order valence-electron chi connectivity index (χ2n) is 5.78. The van der Waals surface area contributed by atoms with Crippen LogP contribution < -0.4 is 5.32 Å². The van der Waals surface area contributed by atoms with E-state index >= 15 is 0 Å². The van der Waals surface area contributed by atoms with E-state index in [0.29, 0.717) is 6.04 Å². The highest BCUT2D eigenvalue weighted by Gasteiger charge is 2.39. The molecule has 1 aromatic rings. The molecule has 1 saturated heterocycles. The van der Waals surface area contributed by atoms with Gasteiger partial charge in [0.2, 0.25) is 0 Å². The summed E-state index contributed by atoms with van der Waals surface area (Å²) >= 11 is 1.92. The number of hydrogen-bond donors (Lipinski definition) is 1. The SMILES string of the molecule is CC(C)NC1(c2nc3c(s2)CCC3)CCCOC1. The van der Waals surface area contributed by atoms with Crippen molar-refractivity contribution in [3.05, 3.63) is 15.6 Å². The first-order valence-electron chi connectivity index (χ1n) is 7.04. The van der Waals surface area contributed by atoms with Gasteiger partial charge in [0.25, 0.3) is 0 Å². The van der Waals surface area contributed by atoms with Crippen molar-refractivity contribution in [3.63, 3.8) is 0 Å². The molecule has 0 saturated carbocycles. The summed E-state index contributed by atoms with van der Waals surface area (Å²) in [6, 6.07) is 0.463. The van der Waals surface area contributed by atoms with Crippen LogP contribution in [-0.2, 0) is 23.1 Å². The standard InChI is InChI=1S/C14H22N2OS/c1-10(2)16-14(7-4-8-17-9-14)13-15-11-5-3-6-12(11)18-13/h10,16H,3-9H2,1-2H3. The molecule has 3 rings (SSSR count). The first-order chi connectivity index (χ1) is 8.70. The number of thiazole rings is 1. The Morgan fingerprint density at radius 2 is 2.22 bits per heavy atom. The van der Waals surface area contributed by atoms with Crippen LogP contribution in [0.25, 0.3) is 0 Å². The van der Waals surface area contributed by atoms with Gasteiger partial charge in [-0.05, 0) is 46.0 Å². The second kappa shape index (κ2) is 4.91. The number of ether oxygens (including phenoxy) is 1. The summed E-state index contributed by atoms with van der Waals surface area (Å²) in [5.74, 6) is 0. The lowest BCUT2D eigenvalue weighted by molar-refractivity contribution is 0.0140. The van der Waals surface area contributed by atoms with Crippen molar-refractivity contribution in [3.8, 4) is 0 Å². The lowest BCUT2D eigenvalue weighted by Crippen LogP contribution is -2.51. The van der Waals surface area contributed by atoms with Gasteiger partial charge < -0.3 is 10.1 Å². The smallest absolute Gasteiger partial charge is 0.116 e. The fourth-order valence-electron chi connectivity index (χ4n) is 3.09. The van der Waals surface area contributed by atoms with Crippen LogP contribution >= 0.6 is 11.3 Å². The Kier molecular flexibility index (Phi) is 3.43. The van der Waals surface area contributed by atoms with Crippen LogP contribution in [-0.4, -0.2) is 24.2 Å². The van der Waals surface area contributed by atoms with E-state index in [1.165, 1.54) is 34.8 Å². The predicted molar refractivity (Wildman–Crippen MR) is 74.1 cm³/mol. The van der Waals surface area contributed by atoms with E-state index in [0.717, 1.165) is 26.1 Å². The third kappa shape index (κ3) is 2.22. The molecule has 1 aromatic heterocycles. The van der Waals surface area contributed by atoms with Crippen molar-refractivity contribution in [1.29, 1.82) is 0 Å². The Morgan fingerprint density at radius 1 is 1.33 bits per heavy atom. The summed E-state index contributed by atoms with van der Waals surface area (Å²) in [5.41, 5.74) is 1.33. The van der Waals surface area contributed by atoms with Crippen molar-refractivity contribution < 1.29 is 4.74 Å². The molecule has 3 nitrogen and oxygen atoms in total. The Labute approximate surface area is 113 Å². The summed E-state index contributed by atoms with van der Waals surface area (Å²) in [6.07, 6.45) is 5.97. The highest BCUT2D eigenvalue weighted by atomic mass is 32.1. The number of fused-ring (bicyclic) bond motifs is 1. The first kappa shape index (κ1) is 12.6. The molecule has 100 valence electrons. The van der Waals surface area contributed by atoms with Crippen LogP contribution in [0.15, 0.2) is 0 Å². The van der Waals surface area contributed by atoms with Gasteiger partial charge >= 0.3 is 0 Å². The van der Waals surface area contributed by atoms with Gasteiger partial charge in [-0.15, -0.1) is 11.3 Å². The topological polar surface area (TPSA) is 34.2 Å². The van der Waals surface area contributed by atoms with E-state index in [-0.39, 0.29) is 5.54 Å². The molecule has 1 aliphatic heterocycles. The third-order valence-electron chi connectivity index (χ3n) is 3.81. The van der Waals surface area contributed by atoms with Crippen molar-refractivity contribution in [1.82, 2.24) is 10.3 Å². The molecule has 0 aromatic carbocycles. The fraction of sp³-hybridized carbons (Fsp3) is 0.786. The predicted octanol–water partition coefficient (Wildman–Crippen LogP) is 2.64. The molecule has 2 aliphatic rings. The quantitative estimate of drug-likeness (QED) is 0.913. The number of aromatic nitrogens is 1. The van der Waals surface area contributed by atoms with E-state index < -0.39 is 0 Å². The number of aryl methyl sites for hydroxylation is 2. The molecule has 1 unspecified atom stereocenters. The zero-order chi connectivity index (χ0) is 12.6. The van der Waals surface area contributed by atoms with Crippen LogP contribution in [0.4, 0.5) is 0 Å². The van der Waals surface area contributed by atoms with Gasteiger partial charge in [0.05, 0.1) is 17.8 Å². The summed E-state index contributed by atoms with van der Waals surface area (Å²) in [4.78, 5) is 6.43. The zero-order valence-electron chi connectivity index (χ0n) is 11.3. The highest BCUT2D eigenvalue weighted by Crippen LogP contribution is 2.37. The third-order valence-corrected chi connectivity index (χ3v) is 5.17. The fourth-order valence-corrected chi connectivity index (χ4v) is 4.40. The molecule has 0 radical (unpaired) electrons. The molecular formula is C14H22N2OS. The molecule has 18 heavy (non-hydrogen) atoms. The van der Waals surface area contributed by atoms with Gasteiger partial charge in [0.15, 0.2) is 0 Å². The molecule has 2 heterocycles. The minimum Gasteiger partial charge on any atom is -0.379 e. The van der Waals surface area contributed by atoms with Gasteiger partial charge in [-0.1, -0.05) is 0 Å². The van der Waals surface area contributed by atoms with Crippen LogP contribution in [0.5, 0.6) is 0 Å². The van der Waals surface area contributed by atoms with Gasteiger partial charge in [-0.3, -0.25) is 0 Å². The zero-order valence-corrected chi connectivity index (χ0v) is 12.1. The minimum absolute atomic E-state index is 0.0264. The van der Waals surface area contributed by atoms with Crippen molar-refractivity contribution >= 4 is 11.3 Å². The van der Waals surface area contributed by atoms with Crippen LogP contribution in [0.3, 0.4) is 0 Å². The Hall–Kier alpha value is -0.450. The van der Waals surface area contributed by atoms with E-state index in [1.54, 1.807) is 0 Å². The maximum absolute atomic E-state index is 5.75. The molecule has 1 N–H and O–H groups in total. The molecule has 0 bridgehead atoms. The van der Waals surface area contributed by atoms with Gasteiger partial charge in [0, 0.05) is 17.5 Å². The van der Waals surface area contributed by atoms with E-state index in [4.69, 9.17) is 9.72 Å². The second-order valence-corrected chi connectivity index (χ2v) is 6.86. The minimum atomic E-state index is -0.0264. The summed E-state index contributed by atoms with van der Waals surface area (Å²) < 4.78 is 5.75. The molecular weight excluding hydrogens is 244 g/mol.